The normalized spacial score (nSPS) is 13.4. The zero-order chi connectivity index (χ0) is 19.4. The molecule has 0 bridgehead atoms. The highest BCUT2D eigenvalue weighted by Gasteiger charge is 2.25. The third-order valence-electron chi connectivity index (χ3n) is 4.13. The van der Waals surface area contributed by atoms with Gasteiger partial charge in [-0.05, 0) is 30.7 Å². The second-order valence-corrected chi connectivity index (χ2v) is 5.92. The lowest BCUT2D eigenvalue weighted by atomic mass is 10.2. The molecular formula is C19H18FN3O4. The van der Waals surface area contributed by atoms with E-state index in [1.807, 2.05) is 0 Å². The van der Waals surface area contributed by atoms with Gasteiger partial charge in [-0.1, -0.05) is 12.1 Å². The summed E-state index contributed by atoms with van der Waals surface area (Å²) in [5, 5.41) is 4.64. The lowest BCUT2D eigenvalue weighted by Gasteiger charge is -2.19. The standard InChI is InChI=1S/C19H18FN3O4/c1-27-16-11-12(8-9-15(16)23-10-4-7-17(23)24)21-18(25)19(26)22-14-6-3-2-5-13(14)20/h2-3,5-6,8-9,11H,4,7,10H2,1H3,(H,21,25)(H,22,26). The Morgan fingerprint density at radius 3 is 2.52 bits per heavy atom. The molecule has 140 valence electrons. The lowest BCUT2D eigenvalue weighted by molar-refractivity contribution is -0.133. The molecule has 2 aromatic rings. The molecule has 1 aliphatic heterocycles. The summed E-state index contributed by atoms with van der Waals surface area (Å²) in [6, 6.07) is 10.3. The largest absolute Gasteiger partial charge is 0.494 e. The number of carbonyl (C=O) groups excluding carboxylic acids is 3. The van der Waals surface area contributed by atoms with Crippen LogP contribution >= 0.6 is 0 Å². The van der Waals surface area contributed by atoms with Gasteiger partial charge in [-0.15, -0.1) is 0 Å². The fraction of sp³-hybridized carbons (Fsp3) is 0.211. The maximum atomic E-state index is 13.6. The van der Waals surface area contributed by atoms with Crippen LogP contribution in [0.15, 0.2) is 42.5 Å². The van der Waals surface area contributed by atoms with Crippen molar-refractivity contribution in [1.82, 2.24) is 0 Å². The molecule has 3 rings (SSSR count). The first-order chi connectivity index (χ1) is 13.0. The molecule has 2 aromatic carbocycles. The van der Waals surface area contributed by atoms with Gasteiger partial charge in [0.05, 0.1) is 18.5 Å². The molecule has 0 unspecified atom stereocenters. The van der Waals surface area contributed by atoms with E-state index in [1.165, 1.54) is 31.4 Å². The van der Waals surface area contributed by atoms with Crippen molar-refractivity contribution in [3.8, 4) is 5.75 Å². The number of hydrogen-bond donors (Lipinski definition) is 2. The van der Waals surface area contributed by atoms with Crippen LogP contribution in [0.1, 0.15) is 12.8 Å². The zero-order valence-electron chi connectivity index (χ0n) is 14.6. The van der Waals surface area contributed by atoms with E-state index in [9.17, 15) is 18.8 Å². The fourth-order valence-corrected chi connectivity index (χ4v) is 2.81. The summed E-state index contributed by atoms with van der Waals surface area (Å²) < 4.78 is 18.9. The predicted octanol–water partition coefficient (Wildman–Crippen LogP) is 2.54. The van der Waals surface area contributed by atoms with Gasteiger partial charge in [-0.2, -0.15) is 0 Å². The van der Waals surface area contributed by atoms with Crippen LogP contribution in [0.2, 0.25) is 0 Å². The first-order valence-corrected chi connectivity index (χ1v) is 8.35. The van der Waals surface area contributed by atoms with E-state index in [0.717, 1.165) is 6.42 Å². The van der Waals surface area contributed by atoms with Gasteiger partial charge in [0.15, 0.2) is 0 Å². The molecule has 8 heteroatoms. The Morgan fingerprint density at radius 2 is 1.85 bits per heavy atom. The number of rotatable bonds is 4. The average molecular weight is 371 g/mol. The summed E-state index contributed by atoms with van der Waals surface area (Å²) in [5.74, 6) is -2.19. The smallest absolute Gasteiger partial charge is 0.314 e. The zero-order valence-corrected chi connectivity index (χ0v) is 14.6. The van der Waals surface area contributed by atoms with E-state index in [2.05, 4.69) is 10.6 Å². The molecule has 1 saturated heterocycles. The first kappa shape index (κ1) is 18.4. The van der Waals surface area contributed by atoms with Crippen LogP contribution in [0.25, 0.3) is 0 Å². The molecule has 0 radical (unpaired) electrons. The van der Waals surface area contributed by atoms with Crippen molar-refractivity contribution in [2.24, 2.45) is 0 Å². The maximum Gasteiger partial charge on any atom is 0.314 e. The van der Waals surface area contributed by atoms with E-state index < -0.39 is 17.6 Å². The highest BCUT2D eigenvalue weighted by atomic mass is 19.1. The van der Waals surface area contributed by atoms with Crippen molar-refractivity contribution in [1.29, 1.82) is 0 Å². The number of carbonyl (C=O) groups is 3. The van der Waals surface area contributed by atoms with Gasteiger partial charge in [0.25, 0.3) is 0 Å². The van der Waals surface area contributed by atoms with Crippen LogP contribution in [-0.2, 0) is 14.4 Å². The van der Waals surface area contributed by atoms with Crippen LogP contribution in [0.5, 0.6) is 5.75 Å². The fourth-order valence-electron chi connectivity index (χ4n) is 2.81. The summed E-state index contributed by atoms with van der Waals surface area (Å²) in [6.07, 6.45) is 1.26. The molecule has 0 saturated carbocycles. The number of para-hydroxylation sites is 1. The Kier molecular flexibility index (Phi) is 5.35. The van der Waals surface area contributed by atoms with Crippen molar-refractivity contribution >= 4 is 34.8 Å². The van der Waals surface area contributed by atoms with Gasteiger partial charge < -0.3 is 20.3 Å². The number of halogens is 1. The van der Waals surface area contributed by atoms with E-state index in [0.29, 0.717) is 30.1 Å². The molecule has 7 nitrogen and oxygen atoms in total. The third-order valence-corrected chi connectivity index (χ3v) is 4.13. The van der Waals surface area contributed by atoms with Crippen LogP contribution in [0.4, 0.5) is 21.5 Å². The minimum absolute atomic E-state index is 0.00866. The van der Waals surface area contributed by atoms with E-state index in [-0.39, 0.29) is 11.6 Å². The van der Waals surface area contributed by atoms with Crippen LogP contribution in [-0.4, -0.2) is 31.4 Å². The van der Waals surface area contributed by atoms with Gasteiger partial charge in [0, 0.05) is 24.7 Å². The van der Waals surface area contributed by atoms with Crippen LogP contribution < -0.4 is 20.3 Å². The monoisotopic (exact) mass is 371 g/mol. The Labute approximate surface area is 155 Å². The van der Waals surface area contributed by atoms with E-state index >= 15 is 0 Å². The Morgan fingerprint density at radius 1 is 1.11 bits per heavy atom. The second-order valence-electron chi connectivity index (χ2n) is 5.92. The summed E-state index contributed by atoms with van der Waals surface area (Å²) in [7, 11) is 1.45. The maximum absolute atomic E-state index is 13.6. The minimum atomic E-state index is -1.00. The number of amides is 3. The number of anilines is 3. The molecule has 1 heterocycles. The molecule has 1 fully saturated rings. The Balaban J connectivity index is 1.71. The molecule has 1 aliphatic rings. The number of benzene rings is 2. The van der Waals surface area contributed by atoms with Gasteiger partial charge in [0.2, 0.25) is 5.91 Å². The molecule has 0 spiro atoms. The van der Waals surface area contributed by atoms with Crippen molar-refractivity contribution in [2.45, 2.75) is 12.8 Å². The van der Waals surface area contributed by atoms with Crippen LogP contribution in [0.3, 0.4) is 0 Å². The Hall–Kier alpha value is -3.42. The Bertz CT molecular complexity index is 900. The SMILES string of the molecule is COc1cc(NC(=O)C(=O)Nc2ccccc2F)ccc1N1CCCC1=O. The lowest BCUT2D eigenvalue weighted by Crippen LogP contribution is -2.29. The molecule has 2 N–H and O–H groups in total. The third kappa shape index (κ3) is 4.05. The number of nitrogens with one attached hydrogen (secondary N) is 2. The minimum Gasteiger partial charge on any atom is -0.494 e. The number of nitrogens with zero attached hydrogens (tertiary/aromatic N) is 1. The summed E-state index contributed by atoms with van der Waals surface area (Å²) >= 11 is 0. The quantitative estimate of drug-likeness (QED) is 0.809. The molecule has 3 amide bonds. The summed E-state index contributed by atoms with van der Waals surface area (Å²) in [4.78, 5) is 37.6. The molecule has 27 heavy (non-hydrogen) atoms. The highest BCUT2D eigenvalue weighted by molar-refractivity contribution is 6.43. The van der Waals surface area contributed by atoms with Gasteiger partial charge in [-0.3, -0.25) is 14.4 Å². The second kappa shape index (κ2) is 7.86. The highest BCUT2D eigenvalue weighted by Crippen LogP contribution is 2.33. The van der Waals surface area contributed by atoms with Gasteiger partial charge >= 0.3 is 11.8 Å². The molecular weight excluding hydrogens is 353 g/mol. The topological polar surface area (TPSA) is 87.7 Å². The number of hydrogen-bond acceptors (Lipinski definition) is 4. The summed E-state index contributed by atoms with van der Waals surface area (Å²) in [6.45, 7) is 0.603. The number of methoxy groups -OCH3 is 1. The average Bonchev–Trinajstić information content (AvgIpc) is 3.09. The summed E-state index contributed by atoms with van der Waals surface area (Å²) in [5.41, 5.74) is 0.836. The molecule has 0 aromatic heterocycles. The molecule has 0 atom stereocenters. The first-order valence-electron chi connectivity index (χ1n) is 8.35. The number of ether oxygens (including phenoxy) is 1. The van der Waals surface area contributed by atoms with Crippen LogP contribution in [0, 0.1) is 5.82 Å². The predicted molar refractivity (Wildman–Crippen MR) is 98.2 cm³/mol. The van der Waals surface area contributed by atoms with Gasteiger partial charge in [0.1, 0.15) is 11.6 Å². The van der Waals surface area contributed by atoms with Crippen molar-refractivity contribution < 1.29 is 23.5 Å². The molecule has 0 aliphatic carbocycles. The van der Waals surface area contributed by atoms with Gasteiger partial charge in [-0.25, -0.2) is 4.39 Å². The van der Waals surface area contributed by atoms with Crippen molar-refractivity contribution in [3.05, 3.63) is 48.3 Å². The van der Waals surface area contributed by atoms with E-state index in [4.69, 9.17) is 4.74 Å². The van der Waals surface area contributed by atoms with Crippen molar-refractivity contribution in [2.75, 3.05) is 29.2 Å². The van der Waals surface area contributed by atoms with E-state index in [1.54, 1.807) is 23.1 Å². The van der Waals surface area contributed by atoms with Crippen molar-refractivity contribution in [3.63, 3.8) is 0 Å².